The molecule has 0 unspecified atom stereocenters. The largest absolute Gasteiger partial charge is 0.417 e. The van der Waals surface area contributed by atoms with E-state index in [1.54, 1.807) is 13.0 Å². The smallest absolute Gasteiger partial charge is 0.371 e. The van der Waals surface area contributed by atoms with Crippen molar-refractivity contribution < 1.29 is 13.2 Å². The van der Waals surface area contributed by atoms with Gasteiger partial charge in [0.1, 0.15) is 5.82 Å². The molecule has 3 aromatic rings. The zero-order valence-electron chi connectivity index (χ0n) is 16.1. The van der Waals surface area contributed by atoms with Crippen LogP contribution in [0.2, 0.25) is 0 Å². The summed E-state index contributed by atoms with van der Waals surface area (Å²) in [6.45, 7) is 4.59. The Balaban J connectivity index is 0.00000300. The van der Waals surface area contributed by atoms with Gasteiger partial charge in [0.2, 0.25) is 0 Å². The summed E-state index contributed by atoms with van der Waals surface area (Å²) in [5.41, 5.74) is 0.535. The Kier molecular flexibility index (Phi) is 7.73. The van der Waals surface area contributed by atoms with E-state index in [2.05, 4.69) is 15.6 Å². The van der Waals surface area contributed by atoms with Crippen LogP contribution in [0.15, 0.2) is 35.1 Å². The Morgan fingerprint density at radius 3 is 2.55 bits per heavy atom. The molecule has 2 heterocycles. The lowest BCUT2D eigenvalue weighted by Crippen LogP contribution is -2.20. The number of para-hydroxylation sites is 1. The molecule has 9 heteroatoms. The summed E-state index contributed by atoms with van der Waals surface area (Å²) in [4.78, 5) is 16.2. The molecule has 29 heavy (non-hydrogen) atoms. The number of hydrogen-bond donors (Lipinski definition) is 3. The highest BCUT2D eigenvalue weighted by atomic mass is 35.5. The standard InChI is InChI=1S/C20H22F3N3OS.ClH/c1-12-15(19(13(2)28-12)20(21,22)23)11-24-8-5-9-25-18-10-17(27)14-6-3-4-7-16(14)26-18;/h3-4,6-7,10,24H,5,8-9,11H2,1-2H3,(H2,25,26,27);1H. The number of aromatic nitrogens is 1. The second-order valence-corrected chi connectivity index (χ2v) is 8.04. The van der Waals surface area contributed by atoms with E-state index in [4.69, 9.17) is 0 Å². The number of halogens is 4. The summed E-state index contributed by atoms with van der Waals surface area (Å²) in [6.07, 6.45) is -3.62. The van der Waals surface area contributed by atoms with E-state index < -0.39 is 11.7 Å². The summed E-state index contributed by atoms with van der Waals surface area (Å²) in [6, 6.07) is 8.80. The highest BCUT2D eigenvalue weighted by Crippen LogP contribution is 2.40. The van der Waals surface area contributed by atoms with Crippen molar-refractivity contribution in [3.8, 4) is 0 Å². The molecule has 0 bridgehead atoms. The minimum absolute atomic E-state index is 0. The van der Waals surface area contributed by atoms with Crippen LogP contribution in [0.5, 0.6) is 0 Å². The fraction of sp³-hybridized carbons (Fsp3) is 0.350. The number of pyridine rings is 1. The summed E-state index contributed by atoms with van der Waals surface area (Å²) in [5.74, 6) is 0.632. The molecule has 0 aliphatic rings. The van der Waals surface area contributed by atoms with Gasteiger partial charge in [0.05, 0.1) is 11.1 Å². The number of fused-ring (bicyclic) bond motifs is 1. The molecule has 4 nitrogen and oxygen atoms in total. The predicted molar refractivity (Wildman–Crippen MR) is 115 cm³/mol. The molecule has 3 N–H and O–H groups in total. The molecule has 0 saturated heterocycles. The van der Waals surface area contributed by atoms with Crippen molar-refractivity contribution in [1.82, 2.24) is 10.3 Å². The Morgan fingerprint density at radius 1 is 1.10 bits per heavy atom. The molecule has 0 aliphatic carbocycles. The Morgan fingerprint density at radius 2 is 1.83 bits per heavy atom. The molecule has 0 radical (unpaired) electrons. The van der Waals surface area contributed by atoms with Gasteiger partial charge in [-0.3, -0.25) is 4.79 Å². The number of aryl methyl sites for hydroxylation is 2. The van der Waals surface area contributed by atoms with E-state index in [-0.39, 0.29) is 24.4 Å². The fourth-order valence-corrected chi connectivity index (χ4v) is 4.35. The van der Waals surface area contributed by atoms with E-state index >= 15 is 0 Å². The molecule has 0 amide bonds. The molecule has 158 valence electrons. The van der Waals surface area contributed by atoms with Crippen LogP contribution in [0.4, 0.5) is 19.0 Å². The van der Waals surface area contributed by atoms with Crippen molar-refractivity contribution in [1.29, 1.82) is 0 Å². The molecule has 0 fully saturated rings. The molecular formula is C20H23ClF3N3OS. The topological polar surface area (TPSA) is 56.9 Å². The first kappa shape index (κ1) is 23.3. The van der Waals surface area contributed by atoms with Crippen LogP contribution in [0.25, 0.3) is 10.9 Å². The molecule has 0 spiro atoms. The lowest BCUT2D eigenvalue weighted by molar-refractivity contribution is -0.138. The van der Waals surface area contributed by atoms with Crippen molar-refractivity contribution in [2.24, 2.45) is 0 Å². The van der Waals surface area contributed by atoms with Gasteiger partial charge in [-0.05, 0) is 44.5 Å². The third kappa shape index (κ3) is 5.52. The monoisotopic (exact) mass is 445 g/mol. The van der Waals surface area contributed by atoms with E-state index in [0.717, 1.165) is 5.52 Å². The van der Waals surface area contributed by atoms with E-state index in [0.29, 0.717) is 46.0 Å². The zero-order valence-corrected chi connectivity index (χ0v) is 17.7. The van der Waals surface area contributed by atoms with Crippen LogP contribution in [0.3, 0.4) is 0 Å². The Labute approximate surface area is 176 Å². The molecule has 0 aliphatic heterocycles. The number of H-pyrrole nitrogens is 1. The van der Waals surface area contributed by atoms with Crippen molar-refractivity contribution >= 4 is 40.5 Å². The van der Waals surface area contributed by atoms with Crippen molar-refractivity contribution in [2.45, 2.75) is 33.0 Å². The average molecular weight is 446 g/mol. The number of benzene rings is 1. The third-order valence-electron chi connectivity index (χ3n) is 4.55. The number of anilines is 1. The fourth-order valence-electron chi connectivity index (χ4n) is 3.26. The van der Waals surface area contributed by atoms with Gasteiger partial charge in [-0.15, -0.1) is 23.7 Å². The van der Waals surface area contributed by atoms with Gasteiger partial charge >= 0.3 is 6.18 Å². The summed E-state index contributed by atoms with van der Waals surface area (Å²) in [7, 11) is 0. The van der Waals surface area contributed by atoms with Crippen molar-refractivity contribution in [2.75, 3.05) is 18.4 Å². The molecule has 0 saturated carbocycles. The lowest BCUT2D eigenvalue weighted by Gasteiger charge is -2.12. The second-order valence-electron chi connectivity index (χ2n) is 6.62. The first-order valence-electron chi connectivity index (χ1n) is 9.00. The SMILES string of the molecule is Cc1sc(C)c(C(F)(F)F)c1CNCCCNc1cc(=O)c2ccccc2[nH]1.Cl. The summed E-state index contributed by atoms with van der Waals surface area (Å²) in [5, 5.41) is 6.88. The van der Waals surface area contributed by atoms with Gasteiger partial charge in [-0.2, -0.15) is 13.2 Å². The van der Waals surface area contributed by atoms with Crippen LogP contribution in [0, 0.1) is 13.8 Å². The van der Waals surface area contributed by atoms with Gasteiger partial charge in [-0.1, -0.05) is 12.1 Å². The normalized spacial score (nSPS) is 11.5. The minimum atomic E-state index is -4.32. The van der Waals surface area contributed by atoms with Gasteiger partial charge < -0.3 is 15.6 Å². The van der Waals surface area contributed by atoms with E-state index in [1.165, 1.54) is 24.3 Å². The van der Waals surface area contributed by atoms with Crippen molar-refractivity contribution in [3.63, 3.8) is 0 Å². The lowest BCUT2D eigenvalue weighted by atomic mass is 10.1. The third-order valence-corrected chi connectivity index (χ3v) is 5.62. The highest BCUT2D eigenvalue weighted by Gasteiger charge is 2.37. The van der Waals surface area contributed by atoms with Gasteiger partial charge in [0.15, 0.2) is 5.43 Å². The Hall–Kier alpha value is -2.03. The van der Waals surface area contributed by atoms with Crippen LogP contribution in [0.1, 0.15) is 27.3 Å². The zero-order chi connectivity index (χ0) is 20.3. The first-order valence-corrected chi connectivity index (χ1v) is 9.81. The second kappa shape index (κ2) is 9.65. The average Bonchev–Trinajstić information content (AvgIpc) is 2.91. The summed E-state index contributed by atoms with van der Waals surface area (Å²) >= 11 is 1.18. The molecular weight excluding hydrogens is 423 g/mol. The van der Waals surface area contributed by atoms with E-state index in [9.17, 15) is 18.0 Å². The maximum Gasteiger partial charge on any atom is 0.417 e. The molecule has 0 atom stereocenters. The maximum absolute atomic E-state index is 13.2. The van der Waals surface area contributed by atoms with Crippen LogP contribution < -0.4 is 16.1 Å². The number of thiophene rings is 1. The molecule has 3 rings (SSSR count). The maximum atomic E-state index is 13.2. The quantitative estimate of drug-likeness (QED) is 0.436. The van der Waals surface area contributed by atoms with Crippen LogP contribution >= 0.6 is 23.7 Å². The van der Waals surface area contributed by atoms with Crippen LogP contribution in [-0.2, 0) is 12.7 Å². The van der Waals surface area contributed by atoms with Crippen LogP contribution in [-0.4, -0.2) is 18.1 Å². The van der Waals surface area contributed by atoms with Crippen molar-refractivity contribution in [3.05, 3.63) is 61.4 Å². The number of alkyl halides is 3. The molecule has 1 aromatic carbocycles. The van der Waals surface area contributed by atoms with Gasteiger partial charge in [-0.25, -0.2) is 0 Å². The van der Waals surface area contributed by atoms with Gasteiger partial charge in [0.25, 0.3) is 0 Å². The molecule has 2 aromatic heterocycles. The van der Waals surface area contributed by atoms with E-state index in [1.807, 2.05) is 18.2 Å². The minimum Gasteiger partial charge on any atom is -0.371 e. The first-order chi connectivity index (χ1) is 13.3. The number of hydrogen-bond acceptors (Lipinski definition) is 4. The number of nitrogens with one attached hydrogen (secondary N) is 3. The predicted octanol–water partition coefficient (Wildman–Crippen LogP) is 5.24. The number of aromatic amines is 1. The summed E-state index contributed by atoms with van der Waals surface area (Å²) < 4.78 is 39.7. The Bertz CT molecular complexity index is 1030. The number of rotatable bonds is 7. The highest BCUT2D eigenvalue weighted by molar-refractivity contribution is 7.12. The van der Waals surface area contributed by atoms with Gasteiger partial charge in [0, 0.05) is 34.3 Å².